The van der Waals surface area contributed by atoms with E-state index in [4.69, 9.17) is 29.4 Å². The first kappa shape index (κ1) is 24.0. The maximum atomic E-state index is 5.89. The van der Waals surface area contributed by atoms with Gasteiger partial charge < -0.3 is 34.1 Å². The maximum absolute atomic E-state index is 5.89. The molecule has 0 radical (unpaired) electrons. The summed E-state index contributed by atoms with van der Waals surface area (Å²) in [7, 11) is 7.99. The Kier molecular flexibility index (Phi) is 8.21. The van der Waals surface area contributed by atoms with Crippen LogP contribution in [0.5, 0.6) is 28.7 Å². The highest BCUT2D eigenvalue weighted by Crippen LogP contribution is 2.41. The highest BCUT2D eigenvalue weighted by atomic mass is 32.2. The number of nitrogen functional groups attached to an aromatic ring is 1. The molecule has 3 N–H and O–H groups in total. The lowest BCUT2D eigenvalue weighted by atomic mass is 10.1. The molecule has 0 heterocycles. The number of benzene rings is 3. The summed E-state index contributed by atoms with van der Waals surface area (Å²) < 4.78 is 30.8. The molecule has 8 heteroatoms. The average molecular weight is 469 g/mol. The summed E-state index contributed by atoms with van der Waals surface area (Å²) in [5, 5.41) is 0. The molecule has 0 saturated heterocycles. The van der Waals surface area contributed by atoms with Gasteiger partial charge in [-0.15, -0.1) is 0 Å². The van der Waals surface area contributed by atoms with Crippen LogP contribution in [-0.4, -0.2) is 35.5 Å². The standard InChI is InChI=1S/C25H28N2O5S/c1-28-21-12-16(9-10-17-13-22(29-2)25(32-5)23(14-17)30-3)11-20(24(21)31-4)27-33-19-8-6-7-18(26)15-19/h6-15,27H,26H2,1-5H3/b10-9-. The summed E-state index contributed by atoms with van der Waals surface area (Å²) in [6, 6.07) is 15.3. The summed E-state index contributed by atoms with van der Waals surface area (Å²) >= 11 is 1.44. The molecular weight excluding hydrogens is 440 g/mol. The second kappa shape index (κ2) is 11.3. The summed E-state index contributed by atoms with van der Waals surface area (Å²) in [5.74, 6) is 2.95. The Balaban J connectivity index is 1.93. The van der Waals surface area contributed by atoms with E-state index < -0.39 is 0 Å². The first-order valence-electron chi connectivity index (χ1n) is 10.1. The van der Waals surface area contributed by atoms with Crippen LogP contribution in [0, 0.1) is 0 Å². The van der Waals surface area contributed by atoms with Crippen molar-refractivity contribution < 1.29 is 23.7 Å². The van der Waals surface area contributed by atoms with Crippen LogP contribution in [0.1, 0.15) is 11.1 Å². The molecule has 3 aromatic rings. The van der Waals surface area contributed by atoms with Crippen LogP contribution in [0.15, 0.2) is 53.4 Å². The number of nitrogens with one attached hydrogen (secondary N) is 1. The first-order chi connectivity index (χ1) is 16.0. The molecule has 0 fully saturated rings. The molecule has 33 heavy (non-hydrogen) atoms. The Hall–Kier alpha value is -3.65. The fourth-order valence-electron chi connectivity index (χ4n) is 3.24. The van der Waals surface area contributed by atoms with Gasteiger partial charge in [-0.1, -0.05) is 18.2 Å². The number of rotatable bonds is 10. The molecule has 0 aliphatic carbocycles. The number of methoxy groups -OCH3 is 5. The van der Waals surface area contributed by atoms with Crippen LogP contribution in [0.25, 0.3) is 12.2 Å². The molecule has 0 bridgehead atoms. The lowest BCUT2D eigenvalue weighted by Crippen LogP contribution is -1.97. The van der Waals surface area contributed by atoms with E-state index in [1.165, 1.54) is 11.9 Å². The third-order valence-corrected chi connectivity index (χ3v) is 5.61. The number of ether oxygens (including phenoxy) is 5. The van der Waals surface area contributed by atoms with Gasteiger partial charge in [0.25, 0.3) is 0 Å². The largest absolute Gasteiger partial charge is 0.493 e. The molecule has 0 aliphatic heterocycles. The Morgan fingerprint density at radius 3 is 1.76 bits per heavy atom. The Morgan fingerprint density at radius 1 is 0.697 bits per heavy atom. The fraction of sp³-hybridized carbons (Fsp3) is 0.200. The minimum atomic E-state index is 0.549. The van der Waals surface area contributed by atoms with Gasteiger partial charge in [-0.3, -0.25) is 0 Å². The molecule has 0 atom stereocenters. The van der Waals surface area contributed by atoms with Crippen LogP contribution < -0.4 is 34.1 Å². The van der Waals surface area contributed by atoms with E-state index in [0.717, 1.165) is 21.7 Å². The van der Waals surface area contributed by atoms with Crippen LogP contribution in [-0.2, 0) is 0 Å². The fourth-order valence-corrected chi connectivity index (χ4v) is 3.96. The highest BCUT2D eigenvalue weighted by molar-refractivity contribution is 8.00. The molecule has 174 valence electrons. The lowest BCUT2D eigenvalue weighted by Gasteiger charge is -2.15. The third kappa shape index (κ3) is 5.78. The number of anilines is 2. The minimum Gasteiger partial charge on any atom is -0.493 e. The second-order valence-corrected chi connectivity index (χ2v) is 7.75. The monoisotopic (exact) mass is 468 g/mol. The van der Waals surface area contributed by atoms with Crippen molar-refractivity contribution in [3.05, 3.63) is 59.7 Å². The molecule has 0 aromatic heterocycles. The molecule has 0 saturated carbocycles. The topological polar surface area (TPSA) is 84.2 Å². The Morgan fingerprint density at radius 2 is 1.24 bits per heavy atom. The highest BCUT2D eigenvalue weighted by Gasteiger charge is 2.14. The summed E-state index contributed by atoms with van der Waals surface area (Å²) in [5.41, 5.74) is 9.17. The summed E-state index contributed by atoms with van der Waals surface area (Å²) in [6.45, 7) is 0. The van der Waals surface area contributed by atoms with E-state index in [1.54, 1.807) is 35.5 Å². The number of hydrogen-bond acceptors (Lipinski definition) is 8. The van der Waals surface area contributed by atoms with E-state index in [9.17, 15) is 0 Å². The molecule has 0 spiro atoms. The SMILES string of the molecule is COc1cc(/C=C\c2cc(OC)c(OC)c(OC)c2)cc(NSc2cccc(N)c2)c1OC. The van der Waals surface area contributed by atoms with Crippen molar-refractivity contribution in [2.75, 3.05) is 46.0 Å². The van der Waals surface area contributed by atoms with Gasteiger partial charge in [-0.2, -0.15) is 0 Å². The van der Waals surface area contributed by atoms with Gasteiger partial charge in [0.05, 0.1) is 41.2 Å². The van der Waals surface area contributed by atoms with Crippen molar-refractivity contribution in [3.8, 4) is 28.7 Å². The Labute approximate surface area is 198 Å². The van der Waals surface area contributed by atoms with Gasteiger partial charge in [0.1, 0.15) is 0 Å². The van der Waals surface area contributed by atoms with Crippen LogP contribution in [0.2, 0.25) is 0 Å². The smallest absolute Gasteiger partial charge is 0.203 e. The van der Waals surface area contributed by atoms with E-state index in [2.05, 4.69) is 4.72 Å². The lowest BCUT2D eigenvalue weighted by molar-refractivity contribution is 0.324. The average Bonchev–Trinajstić information content (AvgIpc) is 2.84. The summed E-state index contributed by atoms with van der Waals surface area (Å²) in [4.78, 5) is 0.981. The van der Waals surface area contributed by atoms with E-state index in [1.807, 2.05) is 60.7 Å². The van der Waals surface area contributed by atoms with Gasteiger partial charge in [-0.05, 0) is 65.5 Å². The molecular formula is C25H28N2O5S. The molecule has 3 rings (SSSR count). The van der Waals surface area contributed by atoms with Crippen molar-refractivity contribution in [3.63, 3.8) is 0 Å². The zero-order valence-corrected chi connectivity index (χ0v) is 20.1. The minimum absolute atomic E-state index is 0.549. The molecule has 0 unspecified atom stereocenters. The van der Waals surface area contributed by atoms with Crippen molar-refractivity contribution in [1.82, 2.24) is 0 Å². The maximum Gasteiger partial charge on any atom is 0.203 e. The zero-order chi connectivity index (χ0) is 23.8. The quantitative estimate of drug-likeness (QED) is 0.226. The predicted octanol–water partition coefficient (Wildman–Crippen LogP) is 5.60. The Bertz CT molecular complexity index is 1110. The zero-order valence-electron chi connectivity index (χ0n) is 19.3. The number of hydrogen-bond donors (Lipinski definition) is 2. The normalized spacial score (nSPS) is 10.7. The van der Waals surface area contributed by atoms with Crippen LogP contribution >= 0.6 is 11.9 Å². The van der Waals surface area contributed by atoms with E-state index in [-0.39, 0.29) is 0 Å². The van der Waals surface area contributed by atoms with Crippen molar-refractivity contribution in [1.29, 1.82) is 0 Å². The first-order valence-corrected chi connectivity index (χ1v) is 10.9. The van der Waals surface area contributed by atoms with Gasteiger partial charge in [-0.25, -0.2) is 0 Å². The van der Waals surface area contributed by atoms with Crippen molar-refractivity contribution in [2.24, 2.45) is 0 Å². The van der Waals surface area contributed by atoms with Gasteiger partial charge in [0, 0.05) is 10.6 Å². The number of nitrogens with two attached hydrogens (primary N) is 1. The molecule has 7 nitrogen and oxygen atoms in total. The van der Waals surface area contributed by atoms with E-state index in [0.29, 0.717) is 34.4 Å². The third-order valence-electron chi connectivity index (χ3n) is 4.79. The van der Waals surface area contributed by atoms with Crippen molar-refractivity contribution >= 4 is 35.5 Å². The molecule has 0 aliphatic rings. The van der Waals surface area contributed by atoms with Crippen LogP contribution in [0.4, 0.5) is 11.4 Å². The van der Waals surface area contributed by atoms with Crippen molar-refractivity contribution in [2.45, 2.75) is 4.90 Å². The second-order valence-electron chi connectivity index (χ2n) is 6.87. The predicted molar refractivity (Wildman–Crippen MR) is 135 cm³/mol. The molecule has 3 aromatic carbocycles. The van der Waals surface area contributed by atoms with Gasteiger partial charge >= 0.3 is 0 Å². The summed E-state index contributed by atoms with van der Waals surface area (Å²) in [6.07, 6.45) is 3.93. The van der Waals surface area contributed by atoms with Gasteiger partial charge in [0.15, 0.2) is 23.0 Å². The van der Waals surface area contributed by atoms with E-state index >= 15 is 0 Å². The van der Waals surface area contributed by atoms with Gasteiger partial charge in [0.2, 0.25) is 5.75 Å². The molecule has 0 amide bonds. The van der Waals surface area contributed by atoms with Crippen LogP contribution in [0.3, 0.4) is 0 Å².